The molecule has 0 spiro atoms. The molecule has 0 fully saturated rings. The molecular weight excluding hydrogens is 270 g/mol. The Morgan fingerprint density at radius 3 is 2.62 bits per heavy atom. The number of anilines is 1. The van der Waals surface area contributed by atoms with E-state index in [-0.39, 0.29) is 24.6 Å². The van der Waals surface area contributed by atoms with Gasteiger partial charge in [0, 0.05) is 30.4 Å². The Labute approximate surface area is 125 Å². The summed E-state index contributed by atoms with van der Waals surface area (Å²) in [4.78, 5) is 25.5. The smallest absolute Gasteiger partial charge is 0.319 e. The molecule has 0 unspecified atom stereocenters. The van der Waals surface area contributed by atoms with Crippen molar-refractivity contribution in [3.05, 3.63) is 29.8 Å². The number of aliphatic hydroxyl groups excluding tert-OH is 1. The van der Waals surface area contributed by atoms with Gasteiger partial charge < -0.3 is 20.6 Å². The molecule has 21 heavy (non-hydrogen) atoms. The van der Waals surface area contributed by atoms with Crippen LogP contribution in [0.25, 0.3) is 0 Å². The maximum Gasteiger partial charge on any atom is 0.319 e. The number of carbonyl (C=O) groups is 2. The number of hydrogen-bond donors (Lipinski definition) is 3. The first kappa shape index (κ1) is 17.0. The van der Waals surface area contributed by atoms with Gasteiger partial charge in [-0.15, -0.1) is 0 Å². The Hall–Kier alpha value is -2.08. The molecule has 116 valence electrons. The molecule has 0 aliphatic carbocycles. The molecule has 0 heterocycles. The number of amides is 3. The van der Waals surface area contributed by atoms with Crippen molar-refractivity contribution in [3.63, 3.8) is 0 Å². The lowest BCUT2D eigenvalue weighted by Crippen LogP contribution is -2.34. The highest BCUT2D eigenvalue weighted by molar-refractivity contribution is 5.96. The molecule has 1 rings (SSSR count). The highest BCUT2D eigenvalue weighted by Gasteiger charge is 2.14. The van der Waals surface area contributed by atoms with Gasteiger partial charge in [0.1, 0.15) is 0 Å². The summed E-state index contributed by atoms with van der Waals surface area (Å²) < 4.78 is 0. The molecule has 6 heteroatoms. The number of urea groups is 1. The van der Waals surface area contributed by atoms with Crippen LogP contribution in [0.3, 0.4) is 0 Å². The van der Waals surface area contributed by atoms with Crippen LogP contribution < -0.4 is 10.6 Å². The van der Waals surface area contributed by atoms with E-state index < -0.39 is 0 Å². The van der Waals surface area contributed by atoms with Crippen molar-refractivity contribution in [1.82, 2.24) is 10.2 Å². The maximum atomic E-state index is 12.3. The lowest BCUT2D eigenvalue weighted by molar-refractivity contribution is 0.0732. The summed E-state index contributed by atoms with van der Waals surface area (Å²) in [5.74, 6) is -0.167. The van der Waals surface area contributed by atoms with Crippen LogP contribution in [0, 0.1) is 0 Å². The molecule has 0 saturated heterocycles. The van der Waals surface area contributed by atoms with Gasteiger partial charge in [0.25, 0.3) is 5.91 Å². The van der Waals surface area contributed by atoms with Crippen LogP contribution in [0.2, 0.25) is 0 Å². The van der Waals surface area contributed by atoms with E-state index in [0.29, 0.717) is 24.3 Å². The van der Waals surface area contributed by atoms with Gasteiger partial charge in [-0.25, -0.2) is 4.79 Å². The van der Waals surface area contributed by atoms with Crippen LogP contribution in [-0.4, -0.2) is 47.7 Å². The van der Waals surface area contributed by atoms with Gasteiger partial charge in [-0.1, -0.05) is 6.07 Å². The normalized spacial score (nSPS) is 10.3. The van der Waals surface area contributed by atoms with E-state index in [9.17, 15) is 9.59 Å². The SMILES string of the molecule is CCN(CCO)C(=O)c1cccc(NC(=O)NC(C)C)c1. The maximum absolute atomic E-state index is 12.3. The monoisotopic (exact) mass is 293 g/mol. The summed E-state index contributed by atoms with van der Waals surface area (Å²) in [5, 5.41) is 14.4. The first-order valence-corrected chi connectivity index (χ1v) is 7.05. The summed E-state index contributed by atoms with van der Waals surface area (Å²) in [5.41, 5.74) is 1.03. The van der Waals surface area contributed by atoms with E-state index in [2.05, 4.69) is 10.6 Å². The van der Waals surface area contributed by atoms with Crippen molar-refractivity contribution in [2.45, 2.75) is 26.8 Å². The Kier molecular flexibility index (Phi) is 6.68. The summed E-state index contributed by atoms with van der Waals surface area (Å²) in [6.45, 7) is 6.33. The van der Waals surface area contributed by atoms with Crippen LogP contribution in [0.15, 0.2) is 24.3 Å². The standard InChI is InChI=1S/C15H23N3O3/c1-4-18(8-9-19)14(20)12-6-5-7-13(10-12)17-15(21)16-11(2)3/h5-7,10-11,19H,4,8-9H2,1-3H3,(H2,16,17,21). The zero-order chi connectivity index (χ0) is 15.8. The quantitative estimate of drug-likeness (QED) is 0.746. The average molecular weight is 293 g/mol. The summed E-state index contributed by atoms with van der Waals surface area (Å²) in [6.07, 6.45) is 0. The lowest BCUT2D eigenvalue weighted by atomic mass is 10.1. The van der Waals surface area contributed by atoms with Crippen molar-refractivity contribution < 1.29 is 14.7 Å². The first-order valence-electron chi connectivity index (χ1n) is 7.05. The van der Waals surface area contributed by atoms with E-state index >= 15 is 0 Å². The van der Waals surface area contributed by atoms with E-state index in [4.69, 9.17) is 5.11 Å². The fraction of sp³-hybridized carbons (Fsp3) is 0.467. The summed E-state index contributed by atoms with van der Waals surface area (Å²) in [7, 11) is 0. The fourth-order valence-corrected chi connectivity index (χ4v) is 1.87. The van der Waals surface area contributed by atoms with Crippen LogP contribution in [0.1, 0.15) is 31.1 Å². The average Bonchev–Trinajstić information content (AvgIpc) is 2.43. The zero-order valence-electron chi connectivity index (χ0n) is 12.7. The molecule has 1 aromatic rings. The number of benzene rings is 1. The van der Waals surface area contributed by atoms with Gasteiger partial charge in [0.05, 0.1) is 6.61 Å². The van der Waals surface area contributed by atoms with E-state index in [0.717, 1.165) is 0 Å². The Balaban J connectivity index is 2.80. The molecule has 6 nitrogen and oxygen atoms in total. The number of carbonyl (C=O) groups excluding carboxylic acids is 2. The van der Waals surface area contributed by atoms with Crippen LogP contribution >= 0.6 is 0 Å². The fourth-order valence-electron chi connectivity index (χ4n) is 1.87. The number of hydrogen-bond acceptors (Lipinski definition) is 3. The second kappa shape index (κ2) is 8.26. The molecule has 0 aliphatic rings. The van der Waals surface area contributed by atoms with Gasteiger partial charge in [-0.05, 0) is 39.0 Å². The van der Waals surface area contributed by atoms with Crippen LogP contribution in [-0.2, 0) is 0 Å². The van der Waals surface area contributed by atoms with Gasteiger partial charge in [-0.3, -0.25) is 4.79 Å². The number of rotatable bonds is 6. The van der Waals surface area contributed by atoms with E-state index in [1.54, 1.807) is 29.2 Å². The lowest BCUT2D eigenvalue weighted by Gasteiger charge is -2.20. The molecule has 0 aliphatic heterocycles. The molecule has 1 aromatic carbocycles. The van der Waals surface area contributed by atoms with E-state index in [1.165, 1.54) is 0 Å². The van der Waals surface area contributed by atoms with Gasteiger partial charge in [0.2, 0.25) is 0 Å². The molecule has 0 aromatic heterocycles. The number of nitrogens with zero attached hydrogens (tertiary/aromatic N) is 1. The molecule has 0 saturated carbocycles. The second-order valence-corrected chi connectivity index (χ2v) is 4.94. The Morgan fingerprint density at radius 2 is 2.05 bits per heavy atom. The van der Waals surface area contributed by atoms with Crippen molar-refractivity contribution >= 4 is 17.6 Å². The Morgan fingerprint density at radius 1 is 1.33 bits per heavy atom. The third kappa shape index (κ3) is 5.43. The van der Waals surface area contributed by atoms with Crippen molar-refractivity contribution in [2.75, 3.05) is 25.0 Å². The predicted octanol–water partition coefficient (Wildman–Crippen LogP) is 1.67. The number of nitrogens with one attached hydrogen (secondary N) is 2. The minimum absolute atomic E-state index is 0.0370. The molecule has 0 atom stereocenters. The van der Waals surface area contributed by atoms with Gasteiger partial charge in [-0.2, -0.15) is 0 Å². The molecule has 0 bridgehead atoms. The van der Waals surface area contributed by atoms with E-state index in [1.807, 2.05) is 20.8 Å². The third-order valence-corrected chi connectivity index (χ3v) is 2.83. The summed E-state index contributed by atoms with van der Waals surface area (Å²) in [6, 6.07) is 6.48. The first-order chi connectivity index (χ1) is 9.97. The number of aliphatic hydroxyl groups is 1. The molecule has 3 N–H and O–H groups in total. The molecule has 3 amide bonds. The zero-order valence-corrected chi connectivity index (χ0v) is 12.7. The predicted molar refractivity (Wildman–Crippen MR) is 82.4 cm³/mol. The van der Waals surface area contributed by atoms with Crippen LogP contribution in [0.4, 0.5) is 10.5 Å². The highest BCUT2D eigenvalue weighted by Crippen LogP contribution is 2.13. The second-order valence-electron chi connectivity index (χ2n) is 4.94. The topological polar surface area (TPSA) is 81.7 Å². The molecule has 0 radical (unpaired) electrons. The minimum Gasteiger partial charge on any atom is -0.395 e. The van der Waals surface area contributed by atoms with Crippen molar-refractivity contribution in [3.8, 4) is 0 Å². The number of likely N-dealkylation sites (N-methyl/N-ethyl adjacent to an activating group) is 1. The highest BCUT2D eigenvalue weighted by atomic mass is 16.3. The van der Waals surface area contributed by atoms with Gasteiger partial charge in [0.15, 0.2) is 0 Å². The van der Waals surface area contributed by atoms with Gasteiger partial charge >= 0.3 is 6.03 Å². The minimum atomic E-state index is -0.308. The summed E-state index contributed by atoms with van der Waals surface area (Å²) >= 11 is 0. The van der Waals surface area contributed by atoms with Crippen molar-refractivity contribution in [2.24, 2.45) is 0 Å². The molecular formula is C15H23N3O3. The van der Waals surface area contributed by atoms with Crippen molar-refractivity contribution in [1.29, 1.82) is 0 Å². The largest absolute Gasteiger partial charge is 0.395 e. The third-order valence-electron chi connectivity index (χ3n) is 2.83. The Bertz CT molecular complexity index is 489. The van der Waals surface area contributed by atoms with Crippen LogP contribution in [0.5, 0.6) is 0 Å².